The van der Waals surface area contributed by atoms with Gasteiger partial charge in [-0.3, -0.25) is 4.72 Å². The van der Waals surface area contributed by atoms with Crippen LogP contribution in [0.25, 0.3) is 0 Å². The number of halogens is 2. The first-order valence-corrected chi connectivity index (χ1v) is 6.56. The molecule has 0 amide bonds. The van der Waals surface area contributed by atoms with E-state index in [0.29, 0.717) is 0 Å². The van der Waals surface area contributed by atoms with E-state index in [1.165, 1.54) is 12.1 Å². The maximum Gasteiger partial charge on any atom is 0.339 e. The SMILES string of the molecule is CS(=O)(=O)Nc1c(Cl)ccc(Cl)c1C(=O)O. The lowest BCUT2D eigenvalue weighted by Crippen LogP contribution is -2.14. The molecule has 1 aromatic carbocycles. The van der Waals surface area contributed by atoms with Crippen LogP contribution in [-0.4, -0.2) is 25.7 Å². The van der Waals surface area contributed by atoms with Crippen LogP contribution in [0.4, 0.5) is 5.69 Å². The summed E-state index contributed by atoms with van der Waals surface area (Å²) in [7, 11) is -3.63. The third kappa shape index (κ3) is 3.01. The highest BCUT2D eigenvalue weighted by Crippen LogP contribution is 2.32. The van der Waals surface area contributed by atoms with Crippen LogP contribution in [0.3, 0.4) is 0 Å². The molecule has 0 saturated carbocycles. The minimum atomic E-state index is -3.63. The van der Waals surface area contributed by atoms with Crippen LogP contribution in [0.15, 0.2) is 12.1 Å². The average Bonchev–Trinajstić information content (AvgIpc) is 2.08. The molecular weight excluding hydrogens is 277 g/mol. The van der Waals surface area contributed by atoms with Gasteiger partial charge in [0.05, 0.1) is 22.0 Å². The lowest BCUT2D eigenvalue weighted by molar-refractivity contribution is 0.0698. The van der Waals surface area contributed by atoms with E-state index in [1.54, 1.807) is 0 Å². The number of carboxylic acid groups (broad SMARTS) is 1. The Morgan fingerprint density at radius 3 is 2.25 bits per heavy atom. The summed E-state index contributed by atoms with van der Waals surface area (Å²) in [5.74, 6) is -1.36. The van der Waals surface area contributed by atoms with Gasteiger partial charge in [0.1, 0.15) is 5.56 Å². The second-order valence-electron chi connectivity index (χ2n) is 2.96. The lowest BCUT2D eigenvalue weighted by Gasteiger charge is -2.10. The number of hydrogen-bond donors (Lipinski definition) is 2. The van der Waals surface area contributed by atoms with E-state index < -0.39 is 16.0 Å². The molecule has 16 heavy (non-hydrogen) atoms. The largest absolute Gasteiger partial charge is 0.478 e. The molecule has 0 aromatic heterocycles. The standard InChI is InChI=1S/C8H7Cl2NO4S/c1-16(14,15)11-7-5(10)3-2-4(9)6(7)8(12)13/h2-3,11H,1H3,(H,12,13). The van der Waals surface area contributed by atoms with Crippen molar-refractivity contribution in [3.63, 3.8) is 0 Å². The maximum absolute atomic E-state index is 11.0. The number of rotatable bonds is 3. The molecule has 88 valence electrons. The third-order valence-corrected chi connectivity index (χ3v) is 2.81. The number of nitrogens with one attached hydrogen (secondary N) is 1. The van der Waals surface area contributed by atoms with Gasteiger partial charge in [-0.15, -0.1) is 0 Å². The van der Waals surface area contributed by atoms with Crippen LogP contribution < -0.4 is 4.72 Å². The van der Waals surface area contributed by atoms with E-state index >= 15 is 0 Å². The van der Waals surface area contributed by atoms with Gasteiger partial charge in [0.15, 0.2) is 0 Å². The Labute approximate surface area is 102 Å². The summed E-state index contributed by atoms with van der Waals surface area (Å²) < 4.78 is 24.1. The van der Waals surface area contributed by atoms with E-state index in [2.05, 4.69) is 0 Å². The van der Waals surface area contributed by atoms with Gasteiger partial charge in [-0.2, -0.15) is 0 Å². The molecule has 0 bridgehead atoms. The van der Waals surface area contributed by atoms with Gasteiger partial charge < -0.3 is 5.11 Å². The average molecular weight is 284 g/mol. The van der Waals surface area contributed by atoms with E-state index in [9.17, 15) is 13.2 Å². The van der Waals surface area contributed by atoms with Gasteiger partial charge in [0, 0.05) is 0 Å². The molecule has 0 aliphatic carbocycles. The van der Waals surface area contributed by atoms with Gasteiger partial charge >= 0.3 is 5.97 Å². The molecule has 0 unspecified atom stereocenters. The molecule has 0 heterocycles. The Hall–Kier alpha value is -0.980. The molecule has 1 rings (SSSR count). The zero-order chi connectivity index (χ0) is 12.5. The molecule has 0 fully saturated rings. The predicted octanol–water partition coefficient (Wildman–Crippen LogP) is 2.06. The molecule has 0 atom stereocenters. The fourth-order valence-corrected chi connectivity index (χ4v) is 2.13. The second kappa shape index (κ2) is 4.48. The van der Waals surface area contributed by atoms with Crippen molar-refractivity contribution in [3.05, 3.63) is 27.7 Å². The van der Waals surface area contributed by atoms with Gasteiger partial charge in [-0.25, -0.2) is 13.2 Å². The van der Waals surface area contributed by atoms with Crippen molar-refractivity contribution in [1.29, 1.82) is 0 Å². The predicted molar refractivity (Wildman–Crippen MR) is 61.9 cm³/mol. The van der Waals surface area contributed by atoms with Crippen molar-refractivity contribution in [2.45, 2.75) is 0 Å². The number of carboxylic acids is 1. The van der Waals surface area contributed by atoms with Crippen LogP contribution in [0.5, 0.6) is 0 Å². The topological polar surface area (TPSA) is 83.5 Å². The zero-order valence-electron chi connectivity index (χ0n) is 7.99. The summed E-state index contributed by atoms with van der Waals surface area (Å²) in [6.07, 6.45) is 0.885. The van der Waals surface area contributed by atoms with Crippen molar-refractivity contribution in [1.82, 2.24) is 0 Å². The molecule has 2 N–H and O–H groups in total. The summed E-state index contributed by atoms with van der Waals surface area (Å²) >= 11 is 11.4. The minimum Gasteiger partial charge on any atom is -0.478 e. The molecule has 1 aromatic rings. The highest BCUT2D eigenvalue weighted by Gasteiger charge is 2.19. The van der Waals surface area contributed by atoms with Crippen LogP contribution in [0, 0.1) is 0 Å². The van der Waals surface area contributed by atoms with Crippen molar-refractivity contribution < 1.29 is 18.3 Å². The molecule has 0 aliphatic rings. The maximum atomic E-state index is 11.0. The van der Waals surface area contributed by atoms with Crippen molar-refractivity contribution in [2.24, 2.45) is 0 Å². The van der Waals surface area contributed by atoms with Crippen molar-refractivity contribution in [3.8, 4) is 0 Å². The third-order valence-electron chi connectivity index (χ3n) is 1.60. The van der Waals surface area contributed by atoms with Crippen LogP contribution >= 0.6 is 23.2 Å². The van der Waals surface area contributed by atoms with Gasteiger partial charge in [-0.05, 0) is 12.1 Å². The molecule has 5 nitrogen and oxygen atoms in total. The van der Waals surface area contributed by atoms with Crippen molar-refractivity contribution in [2.75, 3.05) is 11.0 Å². The summed E-state index contributed by atoms with van der Waals surface area (Å²) in [6, 6.07) is 2.59. The Morgan fingerprint density at radius 1 is 1.31 bits per heavy atom. The highest BCUT2D eigenvalue weighted by molar-refractivity contribution is 7.92. The second-order valence-corrected chi connectivity index (χ2v) is 5.52. The fraction of sp³-hybridized carbons (Fsp3) is 0.125. The number of hydrogen-bond acceptors (Lipinski definition) is 3. The van der Waals surface area contributed by atoms with Gasteiger partial charge in [-0.1, -0.05) is 23.2 Å². The van der Waals surface area contributed by atoms with Crippen LogP contribution in [0.1, 0.15) is 10.4 Å². The van der Waals surface area contributed by atoms with Gasteiger partial charge in [0.2, 0.25) is 10.0 Å². The smallest absolute Gasteiger partial charge is 0.339 e. The first-order chi connectivity index (χ1) is 7.22. The van der Waals surface area contributed by atoms with E-state index in [-0.39, 0.29) is 21.3 Å². The first kappa shape index (κ1) is 13.1. The van der Waals surface area contributed by atoms with Gasteiger partial charge in [0.25, 0.3) is 0 Å². The van der Waals surface area contributed by atoms with Crippen LogP contribution in [-0.2, 0) is 10.0 Å². The summed E-state index contributed by atoms with van der Waals surface area (Å²) in [5.41, 5.74) is -0.608. The number of aromatic carboxylic acids is 1. The molecule has 0 radical (unpaired) electrons. The molecular formula is C8H7Cl2NO4S. The molecule has 8 heteroatoms. The monoisotopic (exact) mass is 283 g/mol. The summed E-state index contributed by atoms with van der Waals surface area (Å²) in [6.45, 7) is 0. The Kier molecular flexibility index (Phi) is 3.67. The molecule has 0 saturated heterocycles. The Morgan fingerprint density at radius 2 is 1.81 bits per heavy atom. The van der Waals surface area contributed by atoms with E-state index in [0.717, 1.165) is 6.26 Å². The summed E-state index contributed by atoms with van der Waals surface area (Å²) in [4.78, 5) is 10.9. The zero-order valence-corrected chi connectivity index (χ0v) is 10.3. The van der Waals surface area contributed by atoms with E-state index in [1.807, 2.05) is 4.72 Å². The molecule has 0 aliphatic heterocycles. The lowest BCUT2D eigenvalue weighted by atomic mass is 10.2. The van der Waals surface area contributed by atoms with Crippen molar-refractivity contribution >= 4 is 44.9 Å². The minimum absolute atomic E-state index is 0.0350. The van der Waals surface area contributed by atoms with Crippen LogP contribution in [0.2, 0.25) is 10.0 Å². The quantitative estimate of drug-likeness (QED) is 0.889. The number of carbonyl (C=O) groups is 1. The fourth-order valence-electron chi connectivity index (χ4n) is 1.05. The normalized spacial score (nSPS) is 11.2. The van der Waals surface area contributed by atoms with E-state index in [4.69, 9.17) is 28.3 Å². The molecule has 0 spiro atoms. The highest BCUT2D eigenvalue weighted by atomic mass is 35.5. The Bertz CT molecular complexity index is 541. The number of benzene rings is 1. The number of anilines is 1. The number of sulfonamides is 1. The Balaban J connectivity index is 3.46. The first-order valence-electron chi connectivity index (χ1n) is 3.91. The summed E-state index contributed by atoms with van der Waals surface area (Å²) in [5, 5.41) is 8.76.